The number of hydrogen-bond donors (Lipinski definition) is 1. The third-order valence-electron chi connectivity index (χ3n) is 2.78. The zero-order chi connectivity index (χ0) is 11.2. The monoisotopic (exact) mass is 216 g/mol. The number of nitrogens with zero attached hydrogens (tertiary/aromatic N) is 1. The number of carbonyl (C=O) groups is 1. The van der Waals surface area contributed by atoms with E-state index in [9.17, 15) is 4.79 Å². The van der Waals surface area contributed by atoms with Crippen molar-refractivity contribution in [1.29, 1.82) is 0 Å². The molecule has 2 rings (SSSR count). The van der Waals surface area contributed by atoms with Gasteiger partial charge in [-0.15, -0.1) is 0 Å². The van der Waals surface area contributed by atoms with Crippen LogP contribution >= 0.6 is 0 Å². The first kappa shape index (κ1) is 10.9. The maximum atomic E-state index is 11.7. The molecule has 1 aliphatic carbocycles. The summed E-state index contributed by atoms with van der Waals surface area (Å²) in [5, 5.41) is 2.83. The molecule has 1 amide bonds. The molecule has 1 aliphatic rings. The minimum absolute atomic E-state index is 0.0249. The number of carbonyl (C=O) groups excluding carboxylic acids is 1. The third kappa shape index (κ3) is 3.19. The summed E-state index contributed by atoms with van der Waals surface area (Å²) < 4.78 is 0. The van der Waals surface area contributed by atoms with Crippen molar-refractivity contribution >= 4 is 11.6 Å². The Balaban J connectivity index is 1.93. The van der Waals surface area contributed by atoms with Crippen LogP contribution in [0.1, 0.15) is 32.1 Å². The van der Waals surface area contributed by atoms with Gasteiger partial charge in [0.2, 0.25) is 5.91 Å². The van der Waals surface area contributed by atoms with Gasteiger partial charge < -0.3 is 5.32 Å². The fourth-order valence-corrected chi connectivity index (χ4v) is 1.95. The van der Waals surface area contributed by atoms with E-state index < -0.39 is 0 Å². The van der Waals surface area contributed by atoms with Crippen molar-refractivity contribution in [2.75, 3.05) is 5.32 Å². The summed E-state index contributed by atoms with van der Waals surface area (Å²) in [6.07, 6.45) is 11.0. The maximum absolute atomic E-state index is 11.7. The molecular weight excluding hydrogens is 200 g/mol. The van der Waals surface area contributed by atoms with Gasteiger partial charge in [0.05, 0.1) is 0 Å². The summed E-state index contributed by atoms with van der Waals surface area (Å²) in [5.41, 5.74) is 2.07. The van der Waals surface area contributed by atoms with Crippen LogP contribution < -0.4 is 5.32 Å². The average molecular weight is 216 g/mol. The Hall–Kier alpha value is -1.64. The van der Waals surface area contributed by atoms with Gasteiger partial charge in [0.25, 0.3) is 0 Å². The van der Waals surface area contributed by atoms with Gasteiger partial charge in [0, 0.05) is 24.2 Å². The van der Waals surface area contributed by atoms with Gasteiger partial charge in [-0.3, -0.25) is 9.78 Å². The number of nitrogens with one attached hydrogen (secondary N) is 1. The number of aromatic nitrogens is 1. The molecular formula is C13H16N2O. The molecule has 0 radical (unpaired) electrons. The van der Waals surface area contributed by atoms with E-state index in [1.807, 2.05) is 0 Å². The predicted octanol–water partition coefficient (Wildman–Crippen LogP) is 2.91. The first-order valence-electron chi connectivity index (χ1n) is 5.75. The molecule has 3 nitrogen and oxygen atoms in total. The molecule has 1 saturated carbocycles. The van der Waals surface area contributed by atoms with Gasteiger partial charge >= 0.3 is 0 Å². The smallest absolute Gasteiger partial charge is 0.248 e. The van der Waals surface area contributed by atoms with Gasteiger partial charge in [0.1, 0.15) is 0 Å². The number of amides is 1. The van der Waals surface area contributed by atoms with Crippen LogP contribution in [0.4, 0.5) is 5.69 Å². The fourth-order valence-electron chi connectivity index (χ4n) is 1.95. The highest BCUT2D eigenvalue weighted by Crippen LogP contribution is 2.22. The Labute approximate surface area is 95.6 Å². The van der Waals surface area contributed by atoms with E-state index >= 15 is 0 Å². The van der Waals surface area contributed by atoms with Crippen molar-refractivity contribution < 1.29 is 4.79 Å². The molecule has 1 heterocycles. The van der Waals surface area contributed by atoms with Crippen LogP contribution in [-0.2, 0) is 4.79 Å². The number of allylic oxidation sites excluding steroid dienone is 1. The van der Waals surface area contributed by atoms with Crippen molar-refractivity contribution in [2.45, 2.75) is 32.1 Å². The summed E-state index contributed by atoms with van der Waals surface area (Å²) in [6, 6.07) is 3.58. The minimum atomic E-state index is -0.0249. The highest BCUT2D eigenvalue weighted by atomic mass is 16.1. The molecule has 1 aromatic heterocycles. The van der Waals surface area contributed by atoms with Crippen LogP contribution in [0, 0.1) is 0 Å². The summed E-state index contributed by atoms with van der Waals surface area (Å²) in [6.45, 7) is 0. The van der Waals surface area contributed by atoms with Crippen LogP contribution in [-0.4, -0.2) is 10.9 Å². The maximum Gasteiger partial charge on any atom is 0.248 e. The van der Waals surface area contributed by atoms with E-state index in [4.69, 9.17) is 0 Å². The Morgan fingerprint density at radius 3 is 2.56 bits per heavy atom. The van der Waals surface area contributed by atoms with E-state index in [0.717, 1.165) is 18.5 Å². The molecule has 0 aromatic carbocycles. The van der Waals surface area contributed by atoms with E-state index in [2.05, 4.69) is 10.3 Å². The summed E-state index contributed by atoms with van der Waals surface area (Å²) in [5.74, 6) is -0.0249. The van der Waals surface area contributed by atoms with E-state index in [1.165, 1.54) is 24.8 Å². The van der Waals surface area contributed by atoms with Crippen LogP contribution in [0.25, 0.3) is 0 Å². The quantitative estimate of drug-likeness (QED) is 0.772. The van der Waals surface area contributed by atoms with Crippen LogP contribution in [0.15, 0.2) is 36.2 Å². The topological polar surface area (TPSA) is 42.0 Å². The number of rotatable bonds is 2. The van der Waals surface area contributed by atoms with E-state index in [-0.39, 0.29) is 5.91 Å². The second-order valence-electron chi connectivity index (χ2n) is 4.09. The van der Waals surface area contributed by atoms with Crippen molar-refractivity contribution in [1.82, 2.24) is 4.98 Å². The fraction of sp³-hybridized carbons (Fsp3) is 0.385. The predicted molar refractivity (Wildman–Crippen MR) is 64.0 cm³/mol. The Morgan fingerprint density at radius 1 is 1.19 bits per heavy atom. The average Bonchev–Trinajstić information content (AvgIpc) is 2.31. The SMILES string of the molecule is O=C(C=C1CCCCC1)Nc1ccncc1. The van der Waals surface area contributed by atoms with E-state index in [0.29, 0.717) is 0 Å². The lowest BCUT2D eigenvalue weighted by Gasteiger charge is -2.13. The molecule has 0 bridgehead atoms. The minimum Gasteiger partial charge on any atom is -0.322 e. The van der Waals surface area contributed by atoms with Crippen molar-refractivity contribution in [2.24, 2.45) is 0 Å². The lowest BCUT2D eigenvalue weighted by Crippen LogP contribution is -2.09. The van der Waals surface area contributed by atoms with Gasteiger partial charge in [0.15, 0.2) is 0 Å². The summed E-state index contributed by atoms with van der Waals surface area (Å²) in [4.78, 5) is 15.6. The first-order chi connectivity index (χ1) is 7.84. The van der Waals surface area contributed by atoms with Gasteiger partial charge in [-0.05, 0) is 37.8 Å². The molecule has 1 fully saturated rings. The summed E-state index contributed by atoms with van der Waals surface area (Å²) >= 11 is 0. The zero-order valence-electron chi connectivity index (χ0n) is 9.28. The highest BCUT2D eigenvalue weighted by molar-refractivity contribution is 5.99. The molecule has 84 valence electrons. The molecule has 0 spiro atoms. The number of pyridine rings is 1. The standard InChI is InChI=1S/C13H16N2O/c16-13(10-11-4-2-1-3-5-11)15-12-6-8-14-9-7-12/h6-10H,1-5H2,(H,14,15,16). The van der Waals surface area contributed by atoms with Crippen molar-refractivity contribution in [3.63, 3.8) is 0 Å². The van der Waals surface area contributed by atoms with E-state index in [1.54, 1.807) is 30.6 Å². The Morgan fingerprint density at radius 2 is 1.88 bits per heavy atom. The number of hydrogen-bond acceptors (Lipinski definition) is 2. The van der Waals surface area contributed by atoms with Crippen molar-refractivity contribution in [3.8, 4) is 0 Å². The molecule has 0 saturated heterocycles. The lowest BCUT2D eigenvalue weighted by atomic mass is 9.94. The zero-order valence-corrected chi connectivity index (χ0v) is 9.28. The van der Waals surface area contributed by atoms with Crippen LogP contribution in [0.2, 0.25) is 0 Å². The molecule has 0 unspecified atom stereocenters. The number of anilines is 1. The van der Waals surface area contributed by atoms with Crippen molar-refractivity contribution in [3.05, 3.63) is 36.2 Å². The van der Waals surface area contributed by atoms with Gasteiger partial charge in [-0.2, -0.15) is 0 Å². The Bertz CT molecular complexity index is 376. The second-order valence-corrected chi connectivity index (χ2v) is 4.09. The summed E-state index contributed by atoms with van der Waals surface area (Å²) in [7, 11) is 0. The lowest BCUT2D eigenvalue weighted by molar-refractivity contribution is -0.112. The largest absolute Gasteiger partial charge is 0.322 e. The molecule has 0 atom stereocenters. The molecule has 3 heteroatoms. The molecule has 16 heavy (non-hydrogen) atoms. The van der Waals surface area contributed by atoms with Gasteiger partial charge in [-0.25, -0.2) is 0 Å². The highest BCUT2D eigenvalue weighted by Gasteiger charge is 2.07. The van der Waals surface area contributed by atoms with Crippen LogP contribution in [0.3, 0.4) is 0 Å². The normalized spacial score (nSPS) is 15.6. The molecule has 1 aromatic rings. The molecule has 1 N–H and O–H groups in total. The Kier molecular flexibility index (Phi) is 3.70. The first-order valence-corrected chi connectivity index (χ1v) is 5.75. The second kappa shape index (κ2) is 5.45. The third-order valence-corrected chi connectivity index (χ3v) is 2.78. The van der Waals surface area contributed by atoms with Gasteiger partial charge in [-0.1, -0.05) is 12.0 Å². The van der Waals surface area contributed by atoms with Crippen LogP contribution in [0.5, 0.6) is 0 Å². The molecule has 0 aliphatic heterocycles.